The van der Waals surface area contributed by atoms with E-state index < -0.39 is 41.1 Å². The van der Waals surface area contributed by atoms with Crippen LogP contribution in [0.1, 0.15) is 29.2 Å². The van der Waals surface area contributed by atoms with E-state index in [0.29, 0.717) is 27.9 Å². The second kappa shape index (κ2) is 12.1. The quantitative estimate of drug-likeness (QED) is 0.293. The van der Waals surface area contributed by atoms with Crippen LogP contribution in [-0.2, 0) is 28.3 Å². The lowest BCUT2D eigenvalue weighted by Gasteiger charge is -2.13. The molecule has 0 amide bonds. The summed E-state index contributed by atoms with van der Waals surface area (Å²) in [5.74, 6) is 4.01. The third-order valence-electron chi connectivity index (χ3n) is 4.40. The third kappa shape index (κ3) is 8.96. The minimum absolute atomic E-state index is 0.0136. The number of hydrogen-bond acceptors (Lipinski definition) is 3. The van der Waals surface area contributed by atoms with Gasteiger partial charge in [-0.2, -0.15) is 26.3 Å². The molecule has 2 aromatic rings. The Bertz CT molecular complexity index is 1100. The van der Waals surface area contributed by atoms with E-state index in [1.807, 2.05) is 0 Å². The molecule has 1 atom stereocenters. The van der Waals surface area contributed by atoms with E-state index in [2.05, 4.69) is 27.8 Å². The first kappa shape index (κ1) is 28.3. The second-order valence-corrected chi connectivity index (χ2v) is 7.88. The molecule has 0 aromatic heterocycles. The maximum absolute atomic E-state index is 12.9. The van der Waals surface area contributed by atoms with Gasteiger partial charge in [-0.1, -0.05) is 17.9 Å². The number of alkyl halides is 6. The highest BCUT2D eigenvalue weighted by Crippen LogP contribution is 2.36. The maximum atomic E-state index is 12.9. The van der Waals surface area contributed by atoms with E-state index in [-0.39, 0.29) is 25.7 Å². The zero-order valence-electron chi connectivity index (χ0n) is 18.1. The van der Waals surface area contributed by atoms with Crippen molar-refractivity contribution in [1.29, 1.82) is 0 Å². The third-order valence-corrected chi connectivity index (χ3v) is 5.02. The summed E-state index contributed by atoms with van der Waals surface area (Å²) >= 11 is 3.32. The SMILES string of the molecule is CCOC(Cc1ccc(OC/C=C\C#Cc2cc(C(F)(F)F)cc(C(F)(F)F)c2)c(Br)c1)C(=O)O. The molecule has 0 heterocycles. The van der Waals surface area contributed by atoms with Gasteiger partial charge in [-0.15, -0.1) is 0 Å². The normalized spacial score (nSPS) is 12.8. The molecule has 0 spiro atoms. The maximum Gasteiger partial charge on any atom is 0.416 e. The number of carboxylic acid groups (broad SMARTS) is 1. The summed E-state index contributed by atoms with van der Waals surface area (Å²) in [6.07, 6.45) is -8.03. The molecule has 1 N–H and O–H groups in total. The van der Waals surface area contributed by atoms with E-state index >= 15 is 0 Å². The number of ether oxygens (including phenoxy) is 2. The minimum Gasteiger partial charge on any atom is -0.488 e. The van der Waals surface area contributed by atoms with Crippen LogP contribution in [0, 0.1) is 11.8 Å². The molecule has 0 aliphatic rings. The van der Waals surface area contributed by atoms with Crippen molar-refractivity contribution in [3.63, 3.8) is 0 Å². The van der Waals surface area contributed by atoms with Gasteiger partial charge in [-0.05, 0) is 70.9 Å². The van der Waals surface area contributed by atoms with Crippen molar-refractivity contribution in [1.82, 2.24) is 0 Å². The van der Waals surface area contributed by atoms with Crippen molar-refractivity contribution in [3.8, 4) is 17.6 Å². The number of rotatable bonds is 8. The molecule has 0 fully saturated rings. The van der Waals surface area contributed by atoms with Crippen molar-refractivity contribution in [2.24, 2.45) is 0 Å². The average Bonchev–Trinajstić information content (AvgIpc) is 2.75. The fourth-order valence-electron chi connectivity index (χ4n) is 2.82. The summed E-state index contributed by atoms with van der Waals surface area (Å²) in [6, 6.07) is 6.10. The van der Waals surface area contributed by atoms with Gasteiger partial charge < -0.3 is 14.6 Å². The van der Waals surface area contributed by atoms with Gasteiger partial charge in [-0.3, -0.25) is 0 Å². The summed E-state index contributed by atoms with van der Waals surface area (Å²) in [4.78, 5) is 11.2. The Kier molecular flexibility index (Phi) is 9.80. The molecule has 4 nitrogen and oxygen atoms in total. The van der Waals surface area contributed by atoms with Gasteiger partial charge in [0.05, 0.1) is 15.6 Å². The number of carboxylic acids is 1. The molecule has 0 radical (unpaired) electrons. The second-order valence-electron chi connectivity index (χ2n) is 7.03. The summed E-state index contributed by atoms with van der Waals surface area (Å²) in [5.41, 5.74) is -2.60. The van der Waals surface area contributed by atoms with Gasteiger partial charge >= 0.3 is 18.3 Å². The van der Waals surface area contributed by atoms with Crippen LogP contribution in [0.2, 0.25) is 0 Å². The Labute approximate surface area is 205 Å². The van der Waals surface area contributed by atoms with Crippen molar-refractivity contribution in [2.45, 2.75) is 31.8 Å². The molecule has 11 heteroatoms. The molecule has 2 rings (SSSR count). The van der Waals surface area contributed by atoms with Crippen LogP contribution in [0.4, 0.5) is 26.3 Å². The monoisotopic (exact) mass is 564 g/mol. The number of carbonyl (C=O) groups is 1. The number of benzene rings is 2. The number of hydrogen-bond donors (Lipinski definition) is 1. The van der Waals surface area contributed by atoms with E-state index in [1.54, 1.807) is 25.1 Å². The predicted molar refractivity (Wildman–Crippen MR) is 119 cm³/mol. The first-order valence-corrected chi connectivity index (χ1v) is 10.8. The van der Waals surface area contributed by atoms with Crippen LogP contribution in [-0.4, -0.2) is 30.4 Å². The van der Waals surface area contributed by atoms with E-state index in [1.165, 1.54) is 12.2 Å². The molecule has 0 saturated heterocycles. The van der Waals surface area contributed by atoms with Crippen LogP contribution in [0.25, 0.3) is 0 Å². The van der Waals surface area contributed by atoms with Gasteiger partial charge in [0.2, 0.25) is 0 Å². The highest BCUT2D eigenvalue weighted by atomic mass is 79.9. The highest BCUT2D eigenvalue weighted by molar-refractivity contribution is 9.10. The molecule has 0 saturated carbocycles. The minimum atomic E-state index is -4.94. The van der Waals surface area contributed by atoms with Crippen molar-refractivity contribution in [2.75, 3.05) is 13.2 Å². The fraction of sp³-hybridized carbons (Fsp3) is 0.292. The molecule has 2 aromatic carbocycles. The molecule has 0 aliphatic carbocycles. The Hall–Kier alpha value is -2.97. The molecular formula is C24H19BrF6O4. The van der Waals surface area contributed by atoms with E-state index in [4.69, 9.17) is 14.6 Å². The number of aliphatic carboxylic acids is 1. The van der Waals surface area contributed by atoms with Gasteiger partial charge in [0.15, 0.2) is 6.10 Å². The van der Waals surface area contributed by atoms with E-state index in [9.17, 15) is 31.1 Å². The summed E-state index contributed by atoms with van der Waals surface area (Å²) in [5, 5.41) is 9.17. The lowest BCUT2D eigenvalue weighted by molar-refractivity contribution is -0.150. The fourth-order valence-corrected chi connectivity index (χ4v) is 3.36. The zero-order chi connectivity index (χ0) is 26.2. The first-order valence-electron chi connectivity index (χ1n) is 10.0. The predicted octanol–water partition coefficient (Wildman–Crippen LogP) is 6.51. The van der Waals surface area contributed by atoms with Gasteiger partial charge in [0.25, 0.3) is 0 Å². The van der Waals surface area contributed by atoms with Crippen LogP contribution in [0.15, 0.2) is 53.0 Å². The van der Waals surface area contributed by atoms with Crippen molar-refractivity contribution < 1.29 is 45.7 Å². The van der Waals surface area contributed by atoms with Gasteiger partial charge in [-0.25, -0.2) is 4.79 Å². The topological polar surface area (TPSA) is 55.8 Å². The zero-order valence-corrected chi connectivity index (χ0v) is 19.7. The van der Waals surface area contributed by atoms with Crippen LogP contribution < -0.4 is 4.74 Å². The standard InChI is InChI=1S/C24H19BrF6O4/c1-2-34-21(22(32)33)13-16-7-8-20(19(25)12-16)35-9-5-3-4-6-15-10-17(23(26,27)28)14-18(11-15)24(29,30)31/h3,5,7-8,10-12,14,21H,2,9,13H2,1H3,(H,32,33)/b5-3-. The first-order chi connectivity index (χ1) is 16.3. The number of halogens is 7. The van der Waals surface area contributed by atoms with Gasteiger partial charge in [0.1, 0.15) is 12.4 Å². The largest absolute Gasteiger partial charge is 0.488 e. The van der Waals surface area contributed by atoms with E-state index in [0.717, 1.165) is 0 Å². The molecule has 0 aliphatic heterocycles. The lowest BCUT2D eigenvalue weighted by Crippen LogP contribution is -2.26. The summed E-state index contributed by atoms with van der Waals surface area (Å²) in [7, 11) is 0. The van der Waals surface area contributed by atoms with Crippen LogP contribution >= 0.6 is 15.9 Å². The highest BCUT2D eigenvalue weighted by Gasteiger charge is 2.36. The van der Waals surface area contributed by atoms with Crippen LogP contribution in [0.3, 0.4) is 0 Å². The Morgan fingerprint density at radius 3 is 2.23 bits per heavy atom. The lowest BCUT2D eigenvalue weighted by atomic mass is 10.0. The molecule has 35 heavy (non-hydrogen) atoms. The average molecular weight is 565 g/mol. The van der Waals surface area contributed by atoms with Gasteiger partial charge in [0, 0.05) is 18.6 Å². The van der Waals surface area contributed by atoms with Crippen molar-refractivity contribution in [3.05, 3.63) is 75.3 Å². The smallest absolute Gasteiger partial charge is 0.416 e. The Morgan fingerprint density at radius 2 is 1.71 bits per heavy atom. The molecule has 0 bridgehead atoms. The Morgan fingerprint density at radius 1 is 1.09 bits per heavy atom. The van der Waals surface area contributed by atoms with Crippen LogP contribution in [0.5, 0.6) is 5.75 Å². The Balaban J connectivity index is 2.03. The number of allylic oxidation sites excluding steroid dienone is 1. The molecule has 1 unspecified atom stereocenters. The van der Waals surface area contributed by atoms with Crippen molar-refractivity contribution >= 4 is 21.9 Å². The summed E-state index contributed by atoms with van der Waals surface area (Å²) in [6.45, 7) is 1.96. The summed E-state index contributed by atoms with van der Waals surface area (Å²) < 4.78 is 88.6. The molecular weight excluding hydrogens is 546 g/mol. The molecule has 188 valence electrons.